The lowest BCUT2D eigenvalue weighted by Crippen LogP contribution is -2.26. The van der Waals surface area contributed by atoms with Crippen LogP contribution in [0.2, 0.25) is 5.02 Å². The summed E-state index contributed by atoms with van der Waals surface area (Å²) in [7, 11) is -2.00. The summed E-state index contributed by atoms with van der Waals surface area (Å²) in [6.07, 6.45) is 1.04. The summed E-state index contributed by atoms with van der Waals surface area (Å²) < 4.78 is 24.4. The maximum absolute atomic E-state index is 11.1. The van der Waals surface area contributed by atoms with E-state index in [1.54, 1.807) is 0 Å². The van der Waals surface area contributed by atoms with Crippen LogP contribution in [0.15, 0.2) is 12.3 Å². The fourth-order valence-corrected chi connectivity index (χ4v) is 1.87. The second kappa shape index (κ2) is 5.94. The van der Waals surface area contributed by atoms with Gasteiger partial charge in [-0.3, -0.25) is 10.1 Å². The van der Waals surface area contributed by atoms with Crippen LogP contribution in [0, 0.1) is 10.1 Å². The maximum atomic E-state index is 11.1. The zero-order valence-electron chi connectivity index (χ0n) is 9.38. The summed E-state index contributed by atoms with van der Waals surface area (Å²) in [6.45, 7) is 0.0910. The van der Waals surface area contributed by atoms with Crippen LogP contribution in [0.25, 0.3) is 0 Å². The van der Waals surface area contributed by atoms with Gasteiger partial charge in [-0.25, -0.2) is 18.1 Å². The Morgan fingerprint density at radius 2 is 2.22 bits per heavy atom. The summed E-state index contributed by atoms with van der Waals surface area (Å²) in [5.74, 6) is 0.0481. The van der Waals surface area contributed by atoms with Crippen molar-refractivity contribution >= 4 is 33.1 Å². The number of nitro groups is 1. The molecule has 2 N–H and O–H groups in total. The monoisotopic (exact) mass is 294 g/mol. The quantitative estimate of drug-likeness (QED) is 0.586. The number of hydrogen-bond acceptors (Lipinski definition) is 6. The third-order valence-electron chi connectivity index (χ3n) is 2.01. The molecule has 0 unspecified atom stereocenters. The molecule has 0 saturated heterocycles. The van der Waals surface area contributed by atoms with E-state index in [1.165, 1.54) is 7.05 Å². The zero-order valence-corrected chi connectivity index (χ0v) is 11.0. The minimum Gasteiger partial charge on any atom is -0.368 e. The van der Waals surface area contributed by atoms with E-state index < -0.39 is 14.9 Å². The van der Waals surface area contributed by atoms with Crippen molar-refractivity contribution < 1.29 is 13.3 Å². The van der Waals surface area contributed by atoms with Crippen LogP contribution in [0.5, 0.6) is 0 Å². The van der Waals surface area contributed by atoms with Gasteiger partial charge >= 0.3 is 0 Å². The lowest BCUT2D eigenvalue weighted by atomic mass is 10.4. The van der Waals surface area contributed by atoms with Crippen LogP contribution >= 0.6 is 11.6 Å². The smallest absolute Gasteiger partial charge is 0.289 e. The normalized spacial score (nSPS) is 11.2. The highest BCUT2D eigenvalue weighted by molar-refractivity contribution is 7.89. The third-order valence-corrected chi connectivity index (χ3v) is 3.66. The van der Waals surface area contributed by atoms with E-state index in [1.807, 2.05) is 0 Å². The lowest BCUT2D eigenvalue weighted by molar-refractivity contribution is -0.385. The highest BCUT2D eigenvalue weighted by atomic mass is 35.5. The third kappa shape index (κ3) is 4.09. The van der Waals surface area contributed by atoms with Crippen molar-refractivity contribution in [3.05, 3.63) is 27.4 Å². The van der Waals surface area contributed by atoms with Gasteiger partial charge in [-0.05, 0) is 7.05 Å². The Morgan fingerprint density at radius 3 is 2.72 bits per heavy atom. The highest BCUT2D eigenvalue weighted by Crippen LogP contribution is 2.23. The lowest BCUT2D eigenvalue weighted by Gasteiger charge is -2.07. The fraction of sp³-hybridized carbons (Fsp3) is 0.375. The van der Waals surface area contributed by atoms with Crippen LogP contribution in [0.4, 0.5) is 11.5 Å². The van der Waals surface area contributed by atoms with Crippen LogP contribution in [-0.4, -0.2) is 37.7 Å². The largest absolute Gasteiger partial charge is 0.368 e. The summed E-state index contributed by atoms with van der Waals surface area (Å²) in [5.41, 5.74) is -0.228. The summed E-state index contributed by atoms with van der Waals surface area (Å²) in [4.78, 5) is 13.6. The SMILES string of the molecule is CNS(=O)(=O)CCNc1ncc([N+](=O)[O-])cc1Cl. The first-order chi connectivity index (χ1) is 8.35. The molecule has 0 saturated carbocycles. The van der Waals surface area contributed by atoms with Gasteiger partial charge < -0.3 is 5.32 Å². The van der Waals surface area contributed by atoms with Crippen LogP contribution < -0.4 is 10.0 Å². The number of pyridine rings is 1. The molecule has 0 aliphatic carbocycles. The van der Waals surface area contributed by atoms with Crippen molar-refractivity contribution in [3.63, 3.8) is 0 Å². The second-order valence-corrected chi connectivity index (χ2v) is 5.68. The van der Waals surface area contributed by atoms with Crippen molar-refractivity contribution in [1.82, 2.24) is 9.71 Å². The topological polar surface area (TPSA) is 114 Å². The van der Waals surface area contributed by atoms with E-state index in [4.69, 9.17) is 11.6 Å². The number of aromatic nitrogens is 1. The van der Waals surface area contributed by atoms with E-state index in [0.717, 1.165) is 12.3 Å². The van der Waals surface area contributed by atoms with Crippen molar-refractivity contribution in [2.24, 2.45) is 0 Å². The predicted molar refractivity (Wildman–Crippen MR) is 67.2 cm³/mol. The Kier molecular flexibility index (Phi) is 4.82. The van der Waals surface area contributed by atoms with Crippen molar-refractivity contribution in [2.75, 3.05) is 24.7 Å². The van der Waals surface area contributed by atoms with Gasteiger partial charge in [-0.15, -0.1) is 0 Å². The molecule has 10 heteroatoms. The number of nitrogens with one attached hydrogen (secondary N) is 2. The van der Waals surface area contributed by atoms with Gasteiger partial charge in [0.1, 0.15) is 12.0 Å². The maximum Gasteiger partial charge on any atom is 0.289 e. The fourth-order valence-electron chi connectivity index (χ4n) is 1.06. The molecule has 18 heavy (non-hydrogen) atoms. The first-order valence-corrected chi connectivity index (χ1v) is 6.84. The number of sulfonamides is 1. The second-order valence-electron chi connectivity index (χ2n) is 3.23. The van der Waals surface area contributed by atoms with E-state index in [0.29, 0.717) is 0 Å². The number of nitrogens with zero attached hydrogens (tertiary/aromatic N) is 2. The molecule has 100 valence electrons. The molecule has 0 amide bonds. The molecule has 1 rings (SSSR count). The van der Waals surface area contributed by atoms with Crippen molar-refractivity contribution in [3.8, 4) is 0 Å². The van der Waals surface area contributed by atoms with Crippen molar-refractivity contribution in [2.45, 2.75) is 0 Å². The van der Waals surface area contributed by atoms with Gasteiger partial charge in [0.25, 0.3) is 5.69 Å². The van der Waals surface area contributed by atoms with E-state index in [-0.39, 0.29) is 28.8 Å². The molecule has 0 radical (unpaired) electrons. The van der Waals surface area contributed by atoms with Crippen LogP contribution in [-0.2, 0) is 10.0 Å². The van der Waals surface area contributed by atoms with E-state index in [9.17, 15) is 18.5 Å². The van der Waals surface area contributed by atoms with Crippen LogP contribution in [0.1, 0.15) is 0 Å². The minimum absolute atomic E-state index is 0.0612. The summed E-state index contributed by atoms with van der Waals surface area (Å²) in [6, 6.07) is 1.14. The van der Waals surface area contributed by atoms with Gasteiger partial charge in [0, 0.05) is 12.6 Å². The number of hydrogen-bond donors (Lipinski definition) is 2. The first kappa shape index (κ1) is 14.6. The van der Waals surface area contributed by atoms with Crippen LogP contribution in [0.3, 0.4) is 0 Å². The first-order valence-electron chi connectivity index (χ1n) is 4.81. The number of rotatable bonds is 6. The molecule has 0 atom stereocenters. The molecular formula is C8H11ClN4O4S. The zero-order chi connectivity index (χ0) is 13.8. The average Bonchev–Trinajstić information content (AvgIpc) is 2.31. The summed E-state index contributed by atoms with van der Waals surface area (Å²) >= 11 is 5.76. The van der Waals surface area contributed by atoms with E-state index in [2.05, 4.69) is 15.0 Å². The van der Waals surface area contributed by atoms with Gasteiger partial charge in [0.05, 0.1) is 15.7 Å². The molecule has 0 aliphatic heterocycles. The Balaban J connectivity index is 2.67. The number of halogens is 1. The Morgan fingerprint density at radius 1 is 1.56 bits per heavy atom. The van der Waals surface area contributed by atoms with Gasteiger partial charge in [0.15, 0.2) is 0 Å². The molecule has 0 aliphatic rings. The molecule has 1 heterocycles. The average molecular weight is 295 g/mol. The molecule has 8 nitrogen and oxygen atoms in total. The predicted octanol–water partition coefficient (Wildman–Crippen LogP) is 0.604. The molecular weight excluding hydrogens is 284 g/mol. The van der Waals surface area contributed by atoms with Gasteiger partial charge in [-0.1, -0.05) is 11.6 Å². The molecule has 0 aromatic carbocycles. The summed E-state index contributed by atoms with van der Waals surface area (Å²) in [5, 5.41) is 13.2. The minimum atomic E-state index is -3.32. The molecule has 1 aromatic heterocycles. The Labute approximate surface area is 109 Å². The highest BCUT2D eigenvalue weighted by Gasteiger charge is 2.11. The number of anilines is 1. The van der Waals surface area contributed by atoms with Gasteiger partial charge in [-0.2, -0.15) is 0 Å². The molecule has 1 aromatic rings. The standard InChI is InChI=1S/C8H11ClN4O4S/c1-10-18(16,17)3-2-11-8-7(9)4-6(5-12-8)13(14)15/h4-5,10H,2-3H2,1H3,(H,11,12). The van der Waals surface area contributed by atoms with E-state index >= 15 is 0 Å². The molecule has 0 bridgehead atoms. The molecule has 0 spiro atoms. The van der Waals surface area contributed by atoms with Crippen molar-refractivity contribution in [1.29, 1.82) is 0 Å². The Hall–Kier alpha value is -1.45. The Bertz CT molecular complexity index is 548. The van der Waals surface area contributed by atoms with Gasteiger partial charge in [0.2, 0.25) is 10.0 Å². The molecule has 0 fully saturated rings.